The third kappa shape index (κ3) is 2.70. The van der Waals surface area contributed by atoms with Crippen molar-refractivity contribution in [1.29, 1.82) is 0 Å². The molecule has 0 amide bonds. The Bertz CT molecular complexity index is 907. The highest BCUT2D eigenvalue weighted by Gasteiger charge is 2.51. The molecule has 6 heteroatoms. The molecule has 2 fully saturated rings. The number of hydrogen-bond donors (Lipinski definition) is 0. The van der Waals surface area contributed by atoms with Gasteiger partial charge in [-0.15, -0.1) is 4.40 Å². The lowest BCUT2D eigenvalue weighted by Gasteiger charge is -2.30. The normalized spacial score (nSPS) is 24.4. The maximum absolute atomic E-state index is 12.6. The second-order valence-electron chi connectivity index (χ2n) is 6.60. The van der Waals surface area contributed by atoms with Gasteiger partial charge in [0.15, 0.2) is 0 Å². The largest absolute Gasteiger partial charge is 0.462 e. The molecule has 2 aliphatic rings. The van der Waals surface area contributed by atoms with Gasteiger partial charge in [-0.1, -0.05) is 48.0 Å². The van der Waals surface area contributed by atoms with Gasteiger partial charge < -0.3 is 9.64 Å². The quantitative estimate of drug-likeness (QED) is 0.848. The highest BCUT2D eigenvalue weighted by atomic mass is 32.2. The summed E-state index contributed by atoms with van der Waals surface area (Å²) in [4.78, 5) is 2.19. The molecule has 0 unspecified atom stereocenters. The highest BCUT2D eigenvalue weighted by molar-refractivity contribution is 7.90. The smallest absolute Gasteiger partial charge is 0.304 e. The van der Waals surface area contributed by atoms with Gasteiger partial charge >= 0.3 is 6.02 Å². The molecule has 5 nitrogen and oxygen atoms in total. The molecule has 130 valence electrons. The first-order valence-corrected chi connectivity index (χ1v) is 9.83. The minimum atomic E-state index is -3.79. The SMILES string of the molecule is Cc1ccc(S(=O)(=O)/N=C2\OC[C@@]3(c4ccccc4)CCCN23)cc1. The Morgan fingerprint density at radius 2 is 1.80 bits per heavy atom. The number of fused-ring (bicyclic) bond motifs is 1. The second kappa shape index (κ2) is 5.88. The third-order valence-corrected chi connectivity index (χ3v) is 6.25. The van der Waals surface area contributed by atoms with Gasteiger partial charge in [0, 0.05) is 6.54 Å². The Morgan fingerprint density at radius 3 is 2.52 bits per heavy atom. The topological polar surface area (TPSA) is 59.0 Å². The summed E-state index contributed by atoms with van der Waals surface area (Å²) in [6.07, 6.45) is 1.92. The van der Waals surface area contributed by atoms with Gasteiger partial charge in [-0.2, -0.15) is 8.42 Å². The molecule has 2 heterocycles. The van der Waals surface area contributed by atoms with Crippen LogP contribution in [0.2, 0.25) is 0 Å². The van der Waals surface area contributed by atoms with E-state index in [2.05, 4.69) is 16.5 Å². The lowest BCUT2D eigenvalue weighted by Crippen LogP contribution is -2.39. The molecular formula is C19H20N2O3S. The van der Waals surface area contributed by atoms with Crippen molar-refractivity contribution in [2.45, 2.75) is 30.2 Å². The monoisotopic (exact) mass is 356 g/mol. The minimum Gasteiger partial charge on any atom is -0.462 e. The maximum Gasteiger partial charge on any atom is 0.304 e. The van der Waals surface area contributed by atoms with Gasteiger partial charge in [-0.3, -0.25) is 0 Å². The van der Waals surface area contributed by atoms with Gasteiger partial charge in [0.1, 0.15) is 12.1 Å². The van der Waals surface area contributed by atoms with E-state index in [1.807, 2.05) is 30.0 Å². The van der Waals surface area contributed by atoms with E-state index in [1.165, 1.54) is 0 Å². The van der Waals surface area contributed by atoms with Crippen molar-refractivity contribution in [3.05, 3.63) is 65.7 Å². The number of amidine groups is 1. The van der Waals surface area contributed by atoms with E-state index in [0.717, 1.165) is 30.5 Å². The van der Waals surface area contributed by atoms with Gasteiger partial charge in [-0.05, 0) is 37.5 Å². The number of ether oxygens (including phenoxy) is 1. The van der Waals surface area contributed by atoms with E-state index in [-0.39, 0.29) is 16.5 Å². The Labute approximate surface area is 148 Å². The van der Waals surface area contributed by atoms with Crippen molar-refractivity contribution >= 4 is 16.0 Å². The average molecular weight is 356 g/mol. The highest BCUT2D eigenvalue weighted by Crippen LogP contribution is 2.43. The number of benzene rings is 2. The Balaban J connectivity index is 1.70. The van der Waals surface area contributed by atoms with Crippen LogP contribution in [-0.4, -0.2) is 32.5 Å². The van der Waals surface area contributed by atoms with Crippen molar-refractivity contribution in [3.8, 4) is 0 Å². The van der Waals surface area contributed by atoms with Crippen LogP contribution in [0.25, 0.3) is 0 Å². The summed E-state index contributed by atoms with van der Waals surface area (Å²) in [5.41, 5.74) is 1.85. The Hall–Kier alpha value is -2.34. The van der Waals surface area contributed by atoms with Crippen molar-refractivity contribution in [2.75, 3.05) is 13.2 Å². The van der Waals surface area contributed by atoms with Crippen molar-refractivity contribution in [1.82, 2.24) is 4.90 Å². The van der Waals surface area contributed by atoms with E-state index in [0.29, 0.717) is 6.61 Å². The predicted molar refractivity (Wildman–Crippen MR) is 95.8 cm³/mol. The summed E-state index contributed by atoms with van der Waals surface area (Å²) in [7, 11) is -3.79. The van der Waals surface area contributed by atoms with E-state index in [4.69, 9.17) is 4.74 Å². The minimum absolute atomic E-state index is 0.186. The van der Waals surface area contributed by atoms with Crippen molar-refractivity contribution in [2.24, 2.45) is 4.40 Å². The fourth-order valence-electron chi connectivity index (χ4n) is 3.64. The van der Waals surface area contributed by atoms with Crippen LogP contribution in [0.5, 0.6) is 0 Å². The Morgan fingerprint density at radius 1 is 1.08 bits per heavy atom. The van der Waals surface area contributed by atoms with Crippen LogP contribution in [0.15, 0.2) is 63.9 Å². The summed E-state index contributed by atoms with van der Waals surface area (Å²) in [6, 6.07) is 17.0. The van der Waals surface area contributed by atoms with Gasteiger partial charge in [0.25, 0.3) is 10.0 Å². The first-order valence-electron chi connectivity index (χ1n) is 8.39. The average Bonchev–Trinajstić information content (AvgIpc) is 3.17. The summed E-state index contributed by atoms with van der Waals surface area (Å²) in [5.74, 6) is 0. The van der Waals surface area contributed by atoms with Crippen LogP contribution < -0.4 is 0 Å². The van der Waals surface area contributed by atoms with Gasteiger partial charge in [0.2, 0.25) is 0 Å². The molecule has 0 radical (unpaired) electrons. The standard InChI is InChI=1S/C19H20N2O3S/c1-15-8-10-17(11-9-15)25(22,23)20-18-21-13-5-12-19(21,14-24-18)16-6-3-2-4-7-16/h2-4,6-11H,5,12-14H2,1H3/b20-18-/t19-/m1/s1. The molecule has 2 aliphatic heterocycles. The third-order valence-electron chi connectivity index (χ3n) is 4.99. The van der Waals surface area contributed by atoms with E-state index < -0.39 is 10.0 Å². The van der Waals surface area contributed by atoms with Crippen LogP contribution in [0.1, 0.15) is 24.0 Å². The lowest BCUT2D eigenvalue weighted by molar-refractivity contribution is 0.224. The molecule has 0 spiro atoms. The zero-order chi connectivity index (χ0) is 17.5. The van der Waals surface area contributed by atoms with Crippen LogP contribution >= 0.6 is 0 Å². The molecule has 0 bridgehead atoms. The zero-order valence-corrected chi connectivity index (χ0v) is 14.9. The summed E-state index contributed by atoms with van der Waals surface area (Å²) in [5, 5.41) is 0. The van der Waals surface area contributed by atoms with E-state index in [1.54, 1.807) is 24.3 Å². The predicted octanol–water partition coefficient (Wildman–Crippen LogP) is 3.06. The summed E-state index contributed by atoms with van der Waals surface area (Å²) >= 11 is 0. The van der Waals surface area contributed by atoms with E-state index in [9.17, 15) is 8.42 Å². The summed E-state index contributed by atoms with van der Waals surface area (Å²) < 4.78 is 35.0. The number of nitrogens with zero attached hydrogens (tertiary/aromatic N) is 2. The number of sulfonamides is 1. The molecule has 1 atom stereocenters. The number of rotatable bonds is 3. The van der Waals surface area contributed by atoms with Crippen LogP contribution in [-0.2, 0) is 20.3 Å². The molecule has 2 saturated heterocycles. The second-order valence-corrected chi connectivity index (χ2v) is 8.21. The lowest BCUT2D eigenvalue weighted by atomic mass is 9.89. The fraction of sp³-hybridized carbons (Fsp3) is 0.316. The summed E-state index contributed by atoms with van der Waals surface area (Å²) in [6.45, 7) is 3.09. The van der Waals surface area contributed by atoms with Crippen LogP contribution in [0.3, 0.4) is 0 Å². The molecule has 0 N–H and O–H groups in total. The van der Waals surface area contributed by atoms with Crippen molar-refractivity contribution in [3.63, 3.8) is 0 Å². The zero-order valence-electron chi connectivity index (χ0n) is 14.1. The Kier molecular flexibility index (Phi) is 3.80. The molecule has 2 aromatic rings. The molecule has 0 aliphatic carbocycles. The number of aryl methyl sites for hydroxylation is 1. The van der Waals surface area contributed by atoms with Crippen LogP contribution in [0, 0.1) is 6.92 Å². The maximum atomic E-state index is 12.6. The first-order chi connectivity index (χ1) is 12.0. The fourth-order valence-corrected chi connectivity index (χ4v) is 4.58. The molecule has 0 saturated carbocycles. The molecule has 25 heavy (non-hydrogen) atoms. The van der Waals surface area contributed by atoms with Gasteiger partial charge in [-0.25, -0.2) is 0 Å². The molecule has 2 aromatic carbocycles. The first kappa shape index (κ1) is 16.1. The molecule has 4 rings (SSSR count). The van der Waals surface area contributed by atoms with Gasteiger partial charge in [0.05, 0.1) is 4.90 Å². The van der Waals surface area contributed by atoms with Crippen molar-refractivity contribution < 1.29 is 13.2 Å². The molecular weight excluding hydrogens is 336 g/mol. The van der Waals surface area contributed by atoms with E-state index >= 15 is 0 Å². The molecule has 0 aromatic heterocycles. The van der Waals surface area contributed by atoms with Crippen LogP contribution in [0.4, 0.5) is 0 Å². The number of hydrogen-bond acceptors (Lipinski definition) is 3.